The van der Waals surface area contributed by atoms with Gasteiger partial charge in [0.1, 0.15) is 5.82 Å². The van der Waals surface area contributed by atoms with Crippen LogP contribution in [0.2, 0.25) is 0 Å². The lowest BCUT2D eigenvalue weighted by atomic mass is 9.75. The first-order chi connectivity index (χ1) is 15.5. The minimum atomic E-state index is -4.09. The van der Waals surface area contributed by atoms with Crippen LogP contribution in [-0.2, 0) is 13.6 Å². The Labute approximate surface area is 200 Å². The molecule has 1 N–H and O–H groups in total. The monoisotopic (exact) mass is 482 g/mol. The van der Waals surface area contributed by atoms with Gasteiger partial charge >= 0.3 is 7.60 Å². The molecule has 0 aromatic heterocycles. The minimum absolute atomic E-state index is 0.0178. The van der Waals surface area contributed by atoms with Crippen LogP contribution in [0.1, 0.15) is 91.5 Å². The van der Waals surface area contributed by atoms with Crippen molar-refractivity contribution in [2.45, 2.75) is 98.1 Å². The van der Waals surface area contributed by atoms with Crippen molar-refractivity contribution in [1.29, 1.82) is 0 Å². The number of aliphatic hydroxyl groups excluding tert-OH is 1. The van der Waals surface area contributed by atoms with Crippen LogP contribution in [0.3, 0.4) is 0 Å². The van der Waals surface area contributed by atoms with Gasteiger partial charge in [0.15, 0.2) is 5.85 Å². The fourth-order valence-corrected chi connectivity index (χ4v) is 7.91. The van der Waals surface area contributed by atoms with Gasteiger partial charge in [0.2, 0.25) is 0 Å². The summed E-state index contributed by atoms with van der Waals surface area (Å²) in [5, 5.41) is 11.3. The zero-order valence-electron chi connectivity index (χ0n) is 21.2. The average molecular weight is 483 g/mol. The third-order valence-corrected chi connectivity index (χ3v) is 9.98. The van der Waals surface area contributed by atoms with Crippen LogP contribution in [-0.4, -0.2) is 17.3 Å². The van der Waals surface area contributed by atoms with E-state index in [4.69, 9.17) is 9.05 Å². The molecule has 3 rings (SSSR count). The molecule has 6 heteroatoms. The number of rotatable bonds is 8. The molecule has 8 atom stereocenters. The van der Waals surface area contributed by atoms with Crippen molar-refractivity contribution >= 4 is 7.60 Å². The van der Waals surface area contributed by atoms with Crippen LogP contribution in [0.4, 0.5) is 4.39 Å². The third-order valence-electron chi connectivity index (χ3n) is 7.97. The summed E-state index contributed by atoms with van der Waals surface area (Å²) < 4.78 is 41.9. The molecule has 4 nitrogen and oxygen atoms in total. The molecule has 0 aliphatic heterocycles. The molecule has 2 aliphatic carbocycles. The first kappa shape index (κ1) is 26.9. The predicted octanol–water partition coefficient (Wildman–Crippen LogP) is 7.96. The van der Waals surface area contributed by atoms with E-state index >= 15 is 0 Å². The number of halogens is 1. The molecular weight excluding hydrogens is 438 g/mol. The molecule has 2 saturated carbocycles. The van der Waals surface area contributed by atoms with E-state index in [1.54, 1.807) is 12.1 Å². The summed E-state index contributed by atoms with van der Waals surface area (Å²) in [4.78, 5) is 0. The third kappa shape index (κ3) is 6.48. The normalized spacial score (nSPS) is 33.8. The Morgan fingerprint density at radius 3 is 1.76 bits per heavy atom. The van der Waals surface area contributed by atoms with Crippen molar-refractivity contribution in [3.63, 3.8) is 0 Å². The highest BCUT2D eigenvalue weighted by molar-refractivity contribution is 7.54. The second kappa shape index (κ2) is 11.3. The lowest BCUT2D eigenvalue weighted by Gasteiger charge is -2.42. The Bertz CT molecular complexity index is 775. The molecule has 1 unspecified atom stereocenters. The Morgan fingerprint density at radius 1 is 0.879 bits per heavy atom. The molecule has 0 spiro atoms. The van der Waals surface area contributed by atoms with Crippen LogP contribution in [0.5, 0.6) is 0 Å². The van der Waals surface area contributed by atoms with Crippen molar-refractivity contribution < 1.29 is 23.1 Å². The first-order valence-electron chi connectivity index (χ1n) is 12.9. The smallest absolute Gasteiger partial charge is 0.364 e. The van der Waals surface area contributed by atoms with E-state index < -0.39 is 19.3 Å². The molecular formula is C27H44FO4P. The highest BCUT2D eigenvalue weighted by atomic mass is 31.2. The van der Waals surface area contributed by atoms with Gasteiger partial charge in [-0.2, -0.15) is 0 Å². The molecule has 0 saturated heterocycles. The number of hydrogen-bond donors (Lipinski definition) is 1. The van der Waals surface area contributed by atoms with Crippen molar-refractivity contribution in [2.75, 3.05) is 0 Å². The zero-order chi connectivity index (χ0) is 24.3. The van der Waals surface area contributed by atoms with Gasteiger partial charge in [-0.15, -0.1) is 0 Å². The Balaban J connectivity index is 1.96. The van der Waals surface area contributed by atoms with Crippen molar-refractivity contribution in [3.8, 4) is 0 Å². The van der Waals surface area contributed by atoms with Crippen LogP contribution in [0, 0.1) is 41.3 Å². The Morgan fingerprint density at radius 2 is 1.33 bits per heavy atom. The fraction of sp³-hybridized carbons (Fsp3) is 0.778. The summed E-state index contributed by atoms with van der Waals surface area (Å²) in [6.45, 7) is 13.0. The van der Waals surface area contributed by atoms with Crippen LogP contribution in [0.15, 0.2) is 24.3 Å². The quantitative estimate of drug-likeness (QED) is 0.382. The van der Waals surface area contributed by atoms with E-state index in [-0.39, 0.29) is 29.6 Å². The van der Waals surface area contributed by atoms with E-state index in [1.807, 2.05) is 0 Å². The molecule has 1 aromatic rings. The molecule has 0 radical (unpaired) electrons. The first-order valence-corrected chi connectivity index (χ1v) is 14.5. The number of benzene rings is 1. The van der Waals surface area contributed by atoms with Crippen LogP contribution < -0.4 is 0 Å². The van der Waals surface area contributed by atoms with Gasteiger partial charge in [0.05, 0.1) is 12.2 Å². The van der Waals surface area contributed by atoms with Gasteiger partial charge in [0, 0.05) is 5.56 Å². The van der Waals surface area contributed by atoms with Gasteiger partial charge in [0.25, 0.3) is 0 Å². The van der Waals surface area contributed by atoms with E-state index in [1.165, 1.54) is 12.1 Å². The van der Waals surface area contributed by atoms with Crippen molar-refractivity contribution in [2.24, 2.45) is 35.5 Å². The van der Waals surface area contributed by atoms with Gasteiger partial charge in [-0.05, 0) is 67.3 Å². The fourth-order valence-electron chi connectivity index (χ4n) is 5.84. The maximum absolute atomic E-state index is 14.7. The molecule has 1 aromatic carbocycles. The lowest BCUT2D eigenvalue weighted by Crippen LogP contribution is -2.37. The summed E-state index contributed by atoms with van der Waals surface area (Å²) in [5.41, 5.74) is -0.0178. The Hall–Kier alpha value is -0.740. The molecule has 2 fully saturated rings. The molecule has 0 bridgehead atoms. The molecule has 188 valence electrons. The molecule has 33 heavy (non-hydrogen) atoms. The summed E-state index contributed by atoms with van der Waals surface area (Å²) in [5.74, 6) is -0.154. The second-order valence-electron chi connectivity index (χ2n) is 11.4. The Kier molecular flexibility index (Phi) is 9.22. The van der Waals surface area contributed by atoms with Gasteiger partial charge < -0.3 is 14.2 Å². The van der Waals surface area contributed by atoms with Gasteiger partial charge in [-0.3, -0.25) is 4.57 Å². The highest BCUT2D eigenvalue weighted by Gasteiger charge is 2.47. The highest BCUT2D eigenvalue weighted by Crippen LogP contribution is 2.64. The maximum Gasteiger partial charge on any atom is 0.364 e. The molecule has 2 aliphatic rings. The lowest BCUT2D eigenvalue weighted by molar-refractivity contribution is -0.0156. The zero-order valence-corrected chi connectivity index (χ0v) is 22.1. The topological polar surface area (TPSA) is 55.8 Å². The summed E-state index contributed by atoms with van der Waals surface area (Å²) in [6.07, 6.45) is 5.20. The van der Waals surface area contributed by atoms with Crippen LogP contribution >= 0.6 is 7.60 Å². The van der Waals surface area contributed by atoms with Gasteiger partial charge in [-0.1, -0.05) is 72.6 Å². The number of aliphatic hydroxyl groups is 1. The molecule has 0 heterocycles. The van der Waals surface area contributed by atoms with E-state index in [9.17, 15) is 14.1 Å². The summed E-state index contributed by atoms with van der Waals surface area (Å²) >= 11 is 0. The average Bonchev–Trinajstić information content (AvgIpc) is 2.73. The standard InChI is InChI=1S/C27H44FO4P/c1-17(2)21-13-11-19(5)15-25(21)31-33(30,27(29)23-9-7-8-10-24(23)28)32-26-16-20(6)12-14-22(26)18(3)4/h7-10,17-22,25-27,29H,11-16H2,1-6H3/t19-,20-,21-,22+,25-,26+,27+,33?/m0/s1. The van der Waals surface area contributed by atoms with E-state index in [2.05, 4.69) is 41.5 Å². The minimum Gasteiger partial charge on any atom is -0.376 e. The summed E-state index contributed by atoms with van der Waals surface area (Å²) in [6, 6.07) is 5.97. The molecule has 0 amide bonds. The van der Waals surface area contributed by atoms with Gasteiger partial charge in [-0.25, -0.2) is 4.39 Å². The number of hydrogen-bond acceptors (Lipinski definition) is 4. The van der Waals surface area contributed by atoms with Crippen molar-refractivity contribution in [1.82, 2.24) is 0 Å². The van der Waals surface area contributed by atoms with E-state index in [0.717, 1.165) is 38.5 Å². The largest absolute Gasteiger partial charge is 0.376 e. The maximum atomic E-state index is 14.7. The van der Waals surface area contributed by atoms with Crippen molar-refractivity contribution in [3.05, 3.63) is 35.6 Å². The SMILES string of the molecule is CC(C)[C@H]1CC[C@H](C)C[C@H]1OP(=O)(O[C@H]1C[C@@H](C)CC[C@H]1C(C)C)[C@@H](O)c1ccccc1F. The van der Waals surface area contributed by atoms with Crippen LogP contribution in [0.25, 0.3) is 0 Å². The van der Waals surface area contributed by atoms with E-state index in [0.29, 0.717) is 23.7 Å². The summed E-state index contributed by atoms with van der Waals surface area (Å²) in [7, 11) is -4.09. The predicted molar refractivity (Wildman–Crippen MR) is 131 cm³/mol. The second-order valence-corrected chi connectivity index (χ2v) is 13.4.